The molecule has 0 aromatic heterocycles. The zero-order valence-corrected chi connectivity index (χ0v) is 16.3. The SMILES string of the molecule is O=C(O)COc1ccc(Br)cc1/C=C1\SC(=O)N(Cc2ccccc2)C1=O. The van der Waals surface area contributed by atoms with E-state index in [1.807, 2.05) is 30.3 Å². The van der Waals surface area contributed by atoms with Crippen LogP contribution in [0.3, 0.4) is 0 Å². The second kappa shape index (κ2) is 8.41. The van der Waals surface area contributed by atoms with Gasteiger partial charge in [-0.15, -0.1) is 0 Å². The van der Waals surface area contributed by atoms with Crippen molar-refractivity contribution in [1.29, 1.82) is 0 Å². The molecule has 2 amide bonds. The van der Waals surface area contributed by atoms with E-state index in [0.29, 0.717) is 11.3 Å². The molecule has 8 heteroatoms. The van der Waals surface area contributed by atoms with E-state index in [-0.39, 0.29) is 16.7 Å². The molecule has 1 N–H and O–H groups in total. The molecule has 138 valence electrons. The molecule has 0 saturated carbocycles. The van der Waals surface area contributed by atoms with Crippen molar-refractivity contribution in [2.45, 2.75) is 6.54 Å². The maximum Gasteiger partial charge on any atom is 0.341 e. The first-order valence-corrected chi connectivity index (χ1v) is 9.48. The highest BCUT2D eigenvalue weighted by atomic mass is 79.9. The van der Waals surface area contributed by atoms with Gasteiger partial charge in [0.2, 0.25) is 0 Å². The first-order chi connectivity index (χ1) is 12.9. The highest BCUT2D eigenvalue weighted by Crippen LogP contribution is 2.35. The average Bonchev–Trinajstić information content (AvgIpc) is 2.89. The van der Waals surface area contributed by atoms with Crippen molar-refractivity contribution in [2.24, 2.45) is 0 Å². The van der Waals surface area contributed by atoms with Crippen LogP contribution < -0.4 is 4.74 Å². The molecular weight excluding hydrogens is 434 g/mol. The molecule has 0 unspecified atom stereocenters. The summed E-state index contributed by atoms with van der Waals surface area (Å²) in [6, 6.07) is 14.3. The Morgan fingerprint density at radius 1 is 1.19 bits per heavy atom. The number of halogens is 1. The average molecular weight is 448 g/mol. The third-order valence-electron chi connectivity index (χ3n) is 3.67. The van der Waals surface area contributed by atoms with Crippen molar-refractivity contribution < 1.29 is 24.2 Å². The van der Waals surface area contributed by atoms with Crippen LogP contribution in [-0.4, -0.2) is 33.7 Å². The number of nitrogens with zero attached hydrogens (tertiary/aromatic N) is 1. The molecule has 0 radical (unpaired) electrons. The lowest BCUT2D eigenvalue weighted by atomic mass is 10.1. The van der Waals surface area contributed by atoms with Crippen LogP contribution in [0, 0.1) is 0 Å². The Morgan fingerprint density at radius 3 is 2.63 bits per heavy atom. The van der Waals surface area contributed by atoms with Crippen LogP contribution >= 0.6 is 27.7 Å². The number of benzene rings is 2. The van der Waals surface area contributed by atoms with Crippen LogP contribution in [0.4, 0.5) is 4.79 Å². The Morgan fingerprint density at radius 2 is 1.93 bits per heavy atom. The molecule has 2 aromatic rings. The van der Waals surface area contributed by atoms with Gasteiger partial charge in [-0.1, -0.05) is 46.3 Å². The minimum Gasteiger partial charge on any atom is -0.481 e. The van der Waals surface area contributed by atoms with Crippen LogP contribution in [-0.2, 0) is 16.1 Å². The van der Waals surface area contributed by atoms with Gasteiger partial charge >= 0.3 is 5.97 Å². The van der Waals surface area contributed by atoms with Gasteiger partial charge < -0.3 is 9.84 Å². The molecule has 6 nitrogen and oxygen atoms in total. The number of imide groups is 1. The van der Waals surface area contributed by atoms with Gasteiger partial charge in [0.15, 0.2) is 6.61 Å². The molecule has 1 saturated heterocycles. The van der Waals surface area contributed by atoms with E-state index in [1.165, 1.54) is 11.0 Å². The van der Waals surface area contributed by atoms with Crippen molar-refractivity contribution in [3.05, 3.63) is 69.0 Å². The lowest BCUT2D eigenvalue weighted by Gasteiger charge is -2.12. The van der Waals surface area contributed by atoms with E-state index in [4.69, 9.17) is 9.84 Å². The molecule has 27 heavy (non-hydrogen) atoms. The van der Waals surface area contributed by atoms with E-state index in [2.05, 4.69) is 15.9 Å². The van der Waals surface area contributed by atoms with E-state index in [0.717, 1.165) is 21.8 Å². The summed E-state index contributed by atoms with van der Waals surface area (Å²) in [7, 11) is 0. The number of carboxylic acids is 1. The van der Waals surface area contributed by atoms with Crippen molar-refractivity contribution in [2.75, 3.05) is 6.61 Å². The van der Waals surface area contributed by atoms with Crippen molar-refractivity contribution in [1.82, 2.24) is 4.90 Å². The number of carbonyl (C=O) groups excluding carboxylic acids is 2. The van der Waals surface area contributed by atoms with Gasteiger partial charge in [-0.05, 0) is 41.6 Å². The number of aliphatic carboxylic acids is 1. The van der Waals surface area contributed by atoms with Gasteiger partial charge in [0.05, 0.1) is 11.4 Å². The topological polar surface area (TPSA) is 83.9 Å². The lowest BCUT2D eigenvalue weighted by molar-refractivity contribution is -0.139. The molecule has 1 fully saturated rings. The molecule has 0 aliphatic carbocycles. The Labute approximate surface area is 167 Å². The number of amides is 2. The van der Waals surface area contributed by atoms with Crippen molar-refractivity contribution in [3.63, 3.8) is 0 Å². The number of rotatable bonds is 6. The monoisotopic (exact) mass is 447 g/mol. The molecule has 3 rings (SSSR count). The zero-order valence-electron chi connectivity index (χ0n) is 13.9. The fourth-order valence-corrected chi connectivity index (χ4v) is 3.65. The molecule has 2 aromatic carbocycles. The van der Waals surface area contributed by atoms with Gasteiger partial charge in [-0.3, -0.25) is 14.5 Å². The maximum absolute atomic E-state index is 12.7. The summed E-state index contributed by atoms with van der Waals surface area (Å²) in [5.74, 6) is -1.18. The van der Waals surface area contributed by atoms with E-state index in [9.17, 15) is 14.4 Å². The smallest absolute Gasteiger partial charge is 0.341 e. The number of carboxylic acid groups (broad SMARTS) is 1. The Kier molecular flexibility index (Phi) is 5.98. The minimum atomic E-state index is -1.10. The van der Waals surface area contributed by atoms with Crippen LogP contribution in [0.5, 0.6) is 5.75 Å². The number of ether oxygens (including phenoxy) is 1. The molecule has 0 bridgehead atoms. The Bertz CT molecular complexity index is 929. The highest BCUT2D eigenvalue weighted by molar-refractivity contribution is 9.10. The Hall–Kier alpha value is -2.58. The van der Waals surface area contributed by atoms with Crippen LogP contribution in [0.1, 0.15) is 11.1 Å². The maximum atomic E-state index is 12.7. The van der Waals surface area contributed by atoms with Crippen molar-refractivity contribution in [3.8, 4) is 5.75 Å². The van der Waals surface area contributed by atoms with Crippen molar-refractivity contribution >= 4 is 50.9 Å². The number of thioether (sulfide) groups is 1. The quantitative estimate of drug-likeness (QED) is 0.669. The molecule has 1 aliphatic heterocycles. The van der Waals surface area contributed by atoms with E-state index >= 15 is 0 Å². The van der Waals surface area contributed by atoms with Gasteiger partial charge in [0.25, 0.3) is 11.1 Å². The van der Waals surface area contributed by atoms with E-state index in [1.54, 1.807) is 18.2 Å². The molecule has 0 atom stereocenters. The number of hydrogen-bond donors (Lipinski definition) is 1. The van der Waals surface area contributed by atoms with Gasteiger partial charge in [0.1, 0.15) is 5.75 Å². The third-order valence-corrected chi connectivity index (χ3v) is 5.07. The van der Waals surface area contributed by atoms with Gasteiger partial charge in [-0.25, -0.2) is 4.79 Å². The summed E-state index contributed by atoms with van der Waals surface area (Å²) in [6.07, 6.45) is 1.54. The van der Waals surface area contributed by atoms with Crippen LogP contribution in [0.2, 0.25) is 0 Å². The Balaban J connectivity index is 1.85. The second-order valence-corrected chi connectivity index (χ2v) is 7.53. The summed E-state index contributed by atoms with van der Waals surface area (Å²) in [5, 5.41) is 8.45. The fraction of sp³-hybridized carbons (Fsp3) is 0.105. The zero-order chi connectivity index (χ0) is 19.4. The van der Waals surface area contributed by atoms with Gasteiger partial charge in [-0.2, -0.15) is 0 Å². The normalized spacial score (nSPS) is 15.4. The summed E-state index contributed by atoms with van der Waals surface area (Å²) >= 11 is 4.18. The summed E-state index contributed by atoms with van der Waals surface area (Å²) in [6.45, 7) is -0.304. The standard InChI is InChI=1S/C19H14BrNO5S/c20-14-6-7-15(26-11-17(22)23)13(8-14)9-16-18(24)21(19(25)27-16)10-12-4-2-1-3-5-12/h1-9H,10-11H2,(H,22,23)/b16-9-. The molecule has 0 spiro atoms. The van der Waals surface area contributed by atoms with Gasteiger partial charge in [0, 0.05) is 10.0 Å². The predicted molar refractivity (Wildman–Crippen MR) is 105 cm³/mol. The largest absolute Gasteiger partial charge is 0.481 e. The summed E-state index contributed by atoms with van der Waals surface area (Å²) in [4.78, 5) is 37.1. The first kappa shape index (κ1) is 19.2. The first-order valence-electron chi connectivity index (χ1n) is 7.87. The van der Waals surface area contributed by atoms with Crippen LogP contribution in [0.25, 0.3) is 6.08 Å². The predicted octanol–water partition coefficient (Wildman–Crippen LogP) is 4.15. The number of hydrogen-bond acceptors (Lipinski definition) is 5. The van der Waals surface area contributed by atoms with Crippen LogP contribution in [0.15, 0.2) is 57.9 Å². The van der Waals surface area contributed by atoms with E-state index < -0.39 is 18.5 Å². The highest BCUT2D eigenvalue weighted by Gasteiger charge is 2.35. The second-order valence-electron chi connectivity index (χ2n) is 5.62. The third kappa shape index (κ3) is 4.78. The number of carbonyl (C=O) groups is 3. The molecule has 1 heterocycles. The molecule has 1 aliphatic rings. The lowest BCUT2D eigenvalue weighted by Crippen LogP contribution is -2.27. The fourth-order valence-electron chi connectivity index (χ4n) is 2.45. The minimum absolute atomic E-state index is 0.198. The molecular formula is C19H14BrNO5S. The summed E-state index contributed by atoms with van der Waals surface area (Å²) < 4.78 is 6.00. The summed E-state index contributed by atoms with van der Waals surface area (Å²) in [5.41, 5.74) is 1.37.